The van der Waals surface area contributed by atoms with Gasteiger partial charge in [-0.05, 0) is 30.7 Å². The van der Waals surface area contributed by atoms with E-state index in [1.807, 2.05) is 4.90 Å². The second-order valence-electron chi connectivity index (χ2n) is 7.22. The Morgan fingerprint density at radius 3 is 2.77 bits per heavy atom. The average molecular weight is 436 g/mol. The first-order valence-electron chi connectivity index (χ1n) is 9.52. The van der Waals surface area contributed by atoms with Gasteiger partial charge >= 0.3 is 12.2 Å². The molecular formula is C19H19F3N6O3. The van der Waals surface area contributed by atoms with Crippen LogP contribution in [0.1, 0.15) is 16.9 Å². The van der Waals surface area contributed by atoms with Crippen LogP contribution >= 0.6 is 0 Å². The fourth-order valence-corrected chi connectivity index (χ4v) is 3.68. The molecule has 12 heteroatoms. The Hall–Kier alpha value is -3.41. The van der Waals surface area contributed by atoms with Crippen LogP contribution in [0.3, 0.4) is 0 Å². The number of carbonyl (C=O) groups is 2. The smallest absolute Gasteiger partial charge is 0.394 e. The zero-order valence-electron chi connectivity index (χ0n) is 16.1. The van der Waals surface area contributed by atoms with Crippen molar-refractivity contribution in [1.29, 1.82) is 0 Å². The lowest BCUT2D eigenvalue weighted by Gasteiger charge is -2.35. The fraction of sp³-hybridized carbons (Fsp3) is 0.368. The molecule has 0 aromatic carbocycles. The summed E-state index contributed by atoms with van der Waals surface area (Å²) in [6.07, 6.45) is -1.08. The normalized spacial score (nSPS) is 18.4. The van der Waals surface area contributed by atoms with Crippen LogP contribution in [-0.4, -0.2) is 65.0 Å². The number of hydrogen-bond donors (Lipinski definition) is 3. The Balaban J connectivity index is 1.63. The van der Waals surface area contributed by atoms with E-state index < -0.39 is 30.8 Å². The minimum absolute atomic E-state index is 0.190. The van der Waals surface area contributed by atoms with Gasteiger partial charge < -0.3 is 20.6 Å². The first kappa shape index (κ1) is 20.8. The average Bonchev–Trinajstić information content (AvgIpc) is 3.15. The molecule has 3 N–H and O–H groups in total. The van der Waals surface area contributed by atoms with Gasteiger partial charge in [0.2, 0.25) is 0 Å². The third-order valence-corrected chi connectivity index (χ3v) is 5.20. The molecule has 31 heavy (non-hydrogen) atoms. The number of alkyl halides is 3. The van der Waals surface area contributed by atoms with E-state index in [4.69, 9.17) is 5.11 Å². The number of aliphatic hydroxyl groups excluding tert-OH is 1. The van der Waals surface area contributed by atoms with Gasteiger partial charge in [-0.3, -0.25) is 14.7 Å². The van der Waals surface area contributed by atoms with Crippen molar-refractivity contribution >= 4 is 29.1 Å². The van der Waals surface area contributed by atoms with Crippen molar-refractivity contribution < 1.29 is 27.9 Å². The molecule has 1 saturated heterocycles. The number of pyridine rings is 2. The van der Waals surface area contributed by atoms with Crippen LogP contribution in [0.5, 0.6) is 0 Å². The Morgan fingerprint density at radius 2 is 2.10 bits per heavy atom. The van der Waals surface area contributed by atoms with Gasteiger partial charge in [-0.15, -0.1) is 0 Å². The van der Waals surface area contributed by atoms with Crippen molar-refractivity contribution in [3.05, 3.63) is 42.4 Å². The minimum atomic E-state index is -4.81. The first-order chi connectivity index (χ1) is 14.8. The van der Waals surface area contributed by atoms with Gasteiger partial charge in [-0.25, -0.2) is 9.78 Å². The van der Waals surface area contributed by atoms with Crippen LogP contribution in [0.4, 0.5) is 35.2 Å². The van der Waals surface area contributed by atoms with Gasteiger partial charge in [0.25, 0.3) is 5.91 Å². The van der Waals surface area contributed by atoms with Crippen LogP contribution < -0.4 is 20.4 Å². The molecule has 2 aliphatic heterocycles. The summed E-state index contributed by atoms with van der Waals surface area (Å²) < 4.78 is 38.7. The van der Waals surface area contributed by atoms with Crippen LogP contribution in [-0.2, 0) is 0 Å². The first-order valence-corrected chi connectivity index (χ1v) is 9.52. The van der Waals surface area contributed by atoms with Gasteiger partial charge in [0, 0.05) is 19.3 Å². The summed E-state index contributed by atoms with van der Waals surface area (Å²) >= 11 is 0. The van der Waals surface area contributed by atoms with Crippen molar-refractivity contribution in [2.24, 2.45) is 0 Å². The number of fused-ring (bicyclic) bond motifs is 4. The number of carbonyl (C=O) groups excluding carboxylic acids is 2. The molecule has 2 bridgehead atoms. The highest BCUT2D eigenvalue weighted by molar-refractivity contribution is 6.05. The molecule has 2 aromatic rings. The van der Waals surface area contributed by atoms with Crippen molar-refractivity contribution in [1.82, 2.24) is 15.3 Å². The Bertz CT molecular complexity index is 988. The molecule has 164 valence electrons. The van der Waals surface area contributed by atoms with E-state index in [9.17, 15) is 22.8 Å². The highest BCUT2D eigenvalue weighted by Crippen LogP contribution is 2.39. The highest BCUT2D eigenvalue weighted by atomic mass is 19.4. The SMILES string of the molecule is O=C(N[C@@H](CO)C(F)(F)F)c1ccc2c(n1)N(C(=O)Nc1cccnc1)[C@H]1CCN2C1. The zero-order valence-corrected chi connectivity index (χ0v) is 16.1. The number of hydrogen-bond acceptors (Lipinski definition) is 6. The lowest BCUT2D eigenvalue weighted by molar-refractivity contribution is -0.161. The molecule has 4 rings (SSSR count). The summed E-state index contributed by atoms with van der Waals surface area (Å²) in [7, 11) is 0. The number of aromatic nitrogens is 2. The maximum atomic E-state index is 13.0. The number of halogens is 3. The molecule has 3 amide bonds. The Kier molecular flexibility index (Phi) is 5.39. The lowest BCUT2D eigenvalue weighted by atomic mass is 10.1. The van der Waals surface area contributed by atoms with Gasteiger partial charge in [-0.2, -0.15) is 13.2 Å². The fourth-order valence-electron chi connectivity index (χ4n) is 3.68. The second-order valence-corrected chi connectivity index (χ2v) is 7.22. The lowest BCUT2D eigenvalue weighted by Crippen LogP contribution is -2.49. The van der Waals surface area contributed by atoms with E-state index in [1.165, 1.54) is 17.2 Å². The van der Waals surface area contributed by atoms with Crippen LogP contribution in [0.25, 0.3) is 0 Å². The highest BCUT2D eigenvalue weighted by Gasteiger charge is 2.42. The van der Waals surface area contributed by atoms with Crippen LogP contribution in [0.15, 0.2) is 36.7 Å². The number of anilines is 3. The molecule has 0 unspecified atom stereocenters. The molecule has 2 atom stereocenters. The molecule has 0 radical (unpaired) electrons. The van der Waals surface area contributed by atoms with Gasteiger partial charge in [0.1, 0.15) is 11.7 Å². The Morgan fingerprint density at radius 1 is 1.29 bits per heavy atom. The third-order valence-electron chi connectivity index (χ3n) is 5.20. The molecule has 9 nitrogen and oxygen atoms in total. The quantitative estimate of drug-likeness (QED) is 0.674. The maximum Gasteiger partial charge on any atom is 0.410 e. The van der Waals surface area contributed by atoms with Crippen molar-refractivity contribution in [3.8, 4) is 0 Å². The third kappa shape index (κ3) is 4.10. The molecule has 2 aliphatic rings. The molecule has 4 heterocycles. The second kappa shape index (κ2) is 8.02. The summed E-state index contributed by atoms with van der Waals surface area (Å²) in [5, 5.41) is 13.4. The van der Waals surface area contributed by atoms with Crippen molar-refractivity contribution in [3.63, 3.8) is 0 Å². The molecule has 1 fully saturated rings. The van der Waals surface area contributed by atoms with Crippen LogP contribution in [0, 0.1) is 0 Å². The van der Waals surface area contributed by atoms with Gasteiger partial charge in [0.15, 0.2) is 5.82 Å². The van der Waals surface area contributed by atoms with E-state index in [2.05, 4.69) is 15.3 Å². The molecular weight excluding hydrogens is 417 g/mol. The largest absolute Gasteiger partial charge is 0.410 e. The van der Waals surface area contributed by atoms with Crippen LogP contribution in [0.2, 0.25) is 0 Å². The zero-order chi connectivity index (χ0) is 22.2. The van der Waals surface area contributed by atoms with Crippen molar-refractivity contribution in [2.75, 3.05) is 34.8 Å². The molecule has 0 aliphatic carbocycles. The number of urea groups is 1. The van der Waals surface area contributed by atoms with E-state index in [1.54, 1.807) is 29.7 Å². The van der Waals surface area contributed by atoms with Gasteiger partial charge in [0.05, 0.1) is 30.2 Å². The number of amides is 3. The van der Waals surface area contributed by atoms with Crippen molar-refractivity contribution in [2.45, 2.75) is 24.7 Å². The minimum Gasteiger partial charge on any atom is -0.394 e. The predicted octanol–water partition coefficient (Wildman–Crippen LogP) is 1.76. The molecule has 2 aromatic heterocycles. The van der Waals surface area contributed by atoms with E-state index in [0.29, 0.717) is 30.9 Å². The monoisotopic (exact) mass is 436 g/mol. The van der Waals surface area contributed by atoms with E-state index in [-0.39, 0.29) is 17.6 Å². The number of aliphatic hydroxyl groups is 1. The number of nitrogens with one attached hydrogen (secondary N) is 2. The Labute approximate surface area is 174 Å². The standard InChI is InChI=1S/C19H19F3N6O3/c20-19(21,22)15(10-29)26-17(30)13-3-4-14-16(25-13)28(12-5-7-27(14)9-12)18(31)24-11-2-1-6-23-8-11/h1-4,6,8,12,15,29H,5,7,9-10H2,(H,24,31)(H,26,30)/t12-,15-/m0/s1. The summed E-state index contributed by atoms with van der Waals surface area (Å²) in [5.41, 5.74) is 0.795. The summed E-state index contributed by atoms with van der Waals surface area (Å²) in [4.78, 5) is 37.0. The molecule has 0 spiro atoms. The van der Waals surface area contributed by atoms with E-state index >= 15 is 0 Å². The summed E-state index contributed by atoms with van der Waals surface area (Å²) in [6.45, 7) is -0.0285. The summed E-state index contributed by atoms with van der Waals surface area (Å²) in [5.74, 6) is -0.907. The molecule has 0 saturated carbocycles. The maximum absolute atomic E-state index is 13.0. The van der Waals surface area contributed by atoms with E-state index in [0.717, 1.165) is 0 Å². The summed E-state index contributed by atoms with van der Waals surface area (Å²) in [6, 6.07) is 3.10. The predicted molar refractivity (Wildman–Crippen MR) is 105 cm³/mol. The van der Waals surface area contributed by atoms with Gasteiger partial charge in [-0.1, -0.05) is 0 Å². The topological polar surface area (TPSA) is 111 Å². The number of nitrogens with zero attached hydrogens (tertiary/aromatic N) is 4. The number of rotatable bonds is 4.